The maximum Gasteiger partial charge on any atom is 0.240 e. The number of hydrogen-bond acceptors (Lipinski definition) is 6. The fourth-order valence-corrected chi connectivity index (χ4v) is 4.76. The van der Waals surface area contributed by atoms with Crippen molar-refractivity contribution in [2.24, 2.45) is 5.73 Å². The van der Waals surface area contributed by atoms with Crippen LogP contribution in [-0.4, -0.2) is 63.9 Å². The molecule has 164 valence electrons. The molecule has 4 heterocycles. The van der Waals surface area contributed by atoms with Crippen molar-refractivity contribution in [2.45, 2.75) is 31.0 Å². The molecule has 32 heavy (non-hydrogen) atoms. The minimum absolute atomic E-state index is 0.0196. The zero-order valence-electron chi connectivity index (χ0n) is 17.6. The number of amides is 1. The fourth-order valence-electron chi connectivity index (χ4n) is 4.76. The van der Waals surface area contributed by atoms with Crippen molar-refractivity contribution >= 4 is 16.9 Å². The molecule has 2 aliphatic heterocycles. The molecule has 0 aliphatic carbocycles. The standard InChI is InChI=1S/C23H23FN6O2/c1-29-11-16-8-15(29)12-30(16)23(31)18(26)7-13-2-3-19(17(24)6-13)32-20-4-5-27-22-21(20)14(9-25)10-28-22/h2-6,10,15-16,18H,7-8,11-12,26H2,1H3,(H,27,28)/t15-,16-,18?/m0/s1. The second-order valence-corrected chi connectivity index (χ2v) is 8.50. The Labute approximate surface area is 184 Å². The minimum Gasteiger partial charge on any atom is -0.453 e. The summed E-state index contributed by atoms with van der Waals surface area (Å²) in [6, 6.07) is 8.12. The monoisotopic (exact) mass is 434 g/mol. The van der Waals surface area contributed by atoms with E-state index in [1.807, 2.05) is 4.90 Å². The van der Waals surface area contributed by atoms with Gasteiger partial charge in [0.15, 0.2) is 11.6 Å². The molecule has 3 N–H and O–H groups in total. The third-order valence-corrected chi connectivity index (χ3v) is 6.44. The fraction of sp³-hybridized carbons (Fsp3) is 0.348. The summed E-state index contributed by atoms with van der Waals surface area (Å²) in [5, 5.41) is 9.79. The van der Waals surface area contributed by atoms with Gasteiger partial charge in [0, 0.05) is 37.6 Å². The topological polar surface area (TPSA) is 111 Å². The second-order valence-electron chi connectivity index (χ2n) is 8.50. The molecule has 2 fully saturated rings. The lowest BCUT2D eigenvalue weighted by molar-refractivity contribution is -0.134. The first kappa shape index (κ1) is 20.4. The quantitative estimate of drug-likeness (QED) is 0.637. The Morgan fingerprint density at radius 2 is 2.22 bits per heavy atom. The van der Waals surface area contributed by atoms with Gasteiger partial charge in [-0.1, -0.05) is 6.07 Å². The van der Waals surface area contributed by atoms with Crippen LogP contribution in [0.5, 0.6) is 11.5 Å². The van der Waals surface area contributed by atoms with Gasteiger partial charge in [0.25, 0.3) is 0 Å². The zero-order chi connectivity index (χ0) is 22.4. The van der Waals surface area contributed by atoms with Crippen molar-refractivity contribution in [3.05, 3.63) is 53.6 Å². The molecule has 5 rings (SSSR count). The Kier molecular flexibility index (Phi) is 5.04. The highest BCUT2D eigenvalue weighted by molar-refractivity contribution is 5.88. The molecule has 1 unspecified atom stereocenters. The number of carbonyl (C=O) groups is 1. The Morgan fingerprint density at radius 3 is 2.91 bits per heavy atom. The van der Waals surface area contributed by atoms with Crippen molar-refractivity contribution < 1.29 is 13.9 Å². The van der Waals surface area contributed by atoms with E-state index in [-0.39, 0.29) is 24.1 Å². The Hall–Kier alpha value is -3.48. The molecule has 3 aromatic rings. The summed E-state index contributed by atoms with van der Waals surface area (Å²) in [6.07, 6.45) is 4.30. The summed E-state index contributed by atoms with van der Waals surface area (Å²) >= 11 is 0. The van der Waals surface area contributed by atoms with Crippen molar-refractivity contribution in [3.63, 3.8) is 0 Å². The number of ether oxygens (including phenoxy) is 1. The van der Waals surface area contributed by atoms with Crippen molar-refractivity contribution in [3.8, 4) is 17.6 Å². The molecule has 2 aliphatic rings. The van der Waals surface area contributed by atoms with E-state index in [0.717, 1.165) is 13.0 Å². The predicted octanol–water partition coefficient (Wildman–Crippen LogP) is 2.15. The Balaban J connectivity index is 1.29. The number of likely N-dealkylation sites (N-methyl/N-ethyl adjacent to an activating group) is 1. The Morgan fingerprint density at radius 1 is 1.38 bits per heavy atom. The van der Waals surface area contributed by atoms with Crippen LogP contribution in [0.1, 0.15) is 17.5 Å². The third kappa shape index (κ3) is 3.47. The van der Waals surface area contributed by atoms with Gasteiger partial charge in [0.05, 0.1) is 17.0 Å². The predicted molar refractivity (Wildman–Crippen MR) is 115 cm³/mol. The second kappa shape index (κ2) is 7.89. The van der Waals surface area contributed by atoms with E-state index < -0.39 is 11.9 Å². The molecular formula is C23H23FN6O2. The lowest BCUT2D eigenvalue weighted by Gasteiger charge is -2.33. The number of fused-ring (bicyclic) bond motifs is 3. The highest BCUT2D eigenvalue weighted by Gasteiger charge is 2.44. The number of carbonyl (C=O) groups excluding carboxylic acids is 1. The van der Waals surface area contributed by atoms with Gasteiger partial charge >= 0.3 is 0 Å². The van der Waals surface area contributed by atoms with E-state index in [0.29, 0.717) is 40.5 Å². The molecule has 0 spiro atoms. The summed E-state index contributed by atoms with van der Waals surface area (Å²) in [7, 11) is 2.08. The number of piperazine rings is 1. The number of nitriles is 1. The molecule has 0 saturated carbocycles. The summed E-state index contributed by atoms with van der Waals surface area (Å²) in [6.45, 7) is 1.58. The lowest BCUT2D eigenvalue weighted by Crippen LogP contribution is -2.52. The van der Waals surface area contributed by atoms with Crippen LogP contribution in [0.3, 0.4) is 0 Å². The zero-order valence-corrected chi connectivity index (χ0v) is 17.6. The smallest absolute Gasteiger partial charge is 0.240 e. The van der Waals surface area contributed by atoms with E-state index >= 15 is 0 Å². The van der Waals surface area contributed by atoms with Crippen LogP contribution >= 0.6 is 0 Å². The number of H-pyrrole nitrogens is 1. The van der Waals surface area contributed by atoms with Gasteiger partial charge in [0.2, 0.25) is 5.91 Å². The first-order valence-corrected chi connectivity index (χ1v) is 10.5. The van der Waals surface area contributed by atoms with E-state index in [1.54, 1.807) is 12.1 Å². The van der Waals surface area contributed by atoms with Gasteiger partial charge in [-0.15, -0.1) is 0 Å². The first-order valence-electron chi connectivity index (χ1n) is 10.5. The summed E-state index contributed by atoms with van der Waals surface area (Å²) < 4.78 is 20.6. The largest absolute Gasteiger partial charge is 0.453 e. The van der Waals surface area contributed by atoms with E-state index in [4.69, 9.17) is 10.5 Å². The maximum absolute atomic E-state index is 14.8. The van der Waals surface area contributed by atoms with E-state index in [2.05, 4.69) is 28.0 Å². The van der Waals surface area contributed by atoms with Crippen LogP contribution in [0, 0.1) is 17.1 Å². The number of nitrogens with one attached hydrogen (secondary N) is 1. The number of pyridine rings is 1. The van der Waals surface area contributed by atoms with Gasteiger partial charge in [-0.2, -0.15) is 5.26 Å². The van der Waals surface area contributed by atoms with Gasteiger partial charge in [-0.3, -0.25) is 9.69 Å². The summed E-state index contributed by atoms with van der Waals surface area (Å²) in [5.74, 6) is -0.295. The molecule has 0 radical (unpaired) electrons. The SMILES string of the molecule is CN1C[C@@H]2C[C@H]1CN2C(=O)C(N)Cc1ccc(Oc2ccnc3[nH]cc(C#N)c23)c(F)c1. The normalized spacial score (nSPS) is 21.1. The number of nitrogens with zero attached hydrogens (tertiary/aromatic N) is 4. The lowest BCUT2D eigenvalue weighted by atomic mass is 10.0. The minimum atomic E-state index is -0.719. The Bertz CT molecular complexity index is 1230. The average molecular weight is 434 g/mol. The number of halogens is 1. The van der Waals surface area contributed by atoms with Crippen LogP contribution in [0.15, 0.2) is 36.7 Å². The number of nitrogens with two attached hydrogens (primary N) is 1. The molecular weight excluding hydrogens is 411 g/mol. The van der Waals surface area contributed by atoms with Gasteiger partial charge in [-0.25, -0.2) is 9.37 Å². The van der Waals surface area contributed by atoms with Gasteiger partial charge in [0.1, 0.15) is 17.5 Å². The highest BCUT2D eigenvalue weighted by Crippen LogP contribution is 2.33. The number of likely N-dealkylation sites (tertiary alicyclic amines) is 2. The molecule has 9 heteroatoms. The van der Waals surface area contributed by atoms with Crippen LogP contribution in [-0.2, 0) is 11.2 Å². The van der Waals surface area contributed by atoms with Crippen LogP contribution in [0.2, 0.25) is 0 Å². The number of aromatic amines is 1. The van der Waals surface area contributed by atoms with Gasteiger partial charge in [-0.05, 0) is 43.7 Å². The summed E-state index contributed by atoms with van der Waals surface area (Å²) in [4.78, 5) is 24.0. The third-order valence-electron chi connectivity index (χ3n) is 6.44. The van der Waals surface area contributed by atoms with E-state index in [9.17, 15) is 14.4 Å². The highest BCUT2D eigenvalue weighted by atomic mass is 19.1. The molecule has 2 aromatic heterocycles. The van der Waals surface area contributed by atoms with E-state index in [1.165, 1.54) is 24.5 Å². The van der Waals surface area contributed by atoms with Crippen LogP contribution < -0.4 is 10.5 Å². The van der Waals surface area contributed by atoms with Gasteiger partial charge < -0.3 is 20.4 Å². The average Bonchev–Trinajstić information content (AvgIpc) is 3.48. The number of aromatic nitrogens is 2. The van der Waals surface area contributed by atoms with Crippen molar-refractivity contribution in [1.82, 2.24) is 19.8 Å². The number of rotatable bonds is 5. The summed E-state index contributed by atoms with van der Waals surface area (Å²) in [5.41, 5.74) is 7.67. The molecule has 1 amide bonds. The number of benzene rings is 1. The van der Waals surface area contributed by atoms with Crippen LogP contribution in [0.4, 0.5) is 4.39 Å². The molecule has 3 atom stereocenters. The van der Waals surface area contributed by atoms with Crippen LogP contribution in [0.25, 0.3) is 11.0 Å². The van der Waals surface area contributed by atoms with Crippen molar-refractivity contribution in [2.75, 3.05) is 20.1 Å². The molecule has 1 aromatic carbocycles. The first-order chi connectivity index (χ1) is 15.4. The van der Waals surface area contributed by atoms with Crippen molar-refractivity contribution in [1.29, 1.82) is 5.26 Å². The number of hydrogen-bond donors (Lipinski definition) is 2. The molecule has 2 bridgehead atoms. The molecule has 2 saturated heterocycles. The maximum atomic E-state index is 14.8. The molecule has 8 nitrogen and oxygen atoms in total.